The molecule has 5 nitrogen and oxygen atoms in total. The second-order valence-electron chi connectivity index (χ2n) is 5.98. The van der Waals surface area contributed by atoms with E-state index in [1.807, 2.05) is 19.9 Å². The molecule has 1 aromatic heterocycles. The monoisotopic (exact) mass is 387 g/mol. The Morgan fingerprint density at radius 1 is 1.30 bits per heavy atom. The zero-order chi connectivity index (χ0) is 19.4. The number of amides is 1. The van der Waals surface area contributed by atoms with Gasteiger partial charge in [-0.1, -0.05) is 23.7 Å². The van der Waals surface area contributed by atoms with E-state index in [4.69, 9.17) is 16.3 Å². The normalized spacial score (nSPS) is 11.9. The summed E-state index contributed by atoms with van der Waals surface area (Å²) in [6.07, 6.45) is 1.46. The molecule has 0 fully saturated rings. The number of ether oxygens (including phenoxy) is 1. The average molecular weight is 388 g/mol. The third kappa shape index (κ3) is 4.28. The van der Waals surface area contributed by atoms with Crippen LogP contribution in [-0.4, -0.2) is 22.7 Å². The molecule has 3 aromatic rings. The quantitative estimate of drug-likeness (QED) is 0.640. The van der Waals surface area contributed by atoms with Gasteiger partial charge in [-0.2, -0.15) is 5.10 Å². The SMILES string of the molecule is CCOc1ccc(-c2[nH]ncc2C(=O)N[C@@H](C)c2ccc(F)cc2)cc1Cl. The lowest BCUT2D eigenvalue weighted by atomic mass is 10.1. The lowest BCUT2D eigenvalue weighted by molar-refractivity contribution is 0.0940. The summed E-state index contributed by atoms with van der Waals surface area (Å²) in [7, 11) is 0. The van der Waals surface area contributed by atoms with Gasteiger partial charge in [0.25, 0.3) is 5.91 Å². The van der Waals surface area contributed by atoms with E-state index in [9.17, 15) is 9.18 Å². The summed E-state index contributed by atoms with van der Waals surface area (Å²) in [5, 5.41) is 10.2. The van der Waals surface area contributed by atoms with Crippen LogP contribution in [0.1, 0.15) is 35.8 Å². The molecule has 0 spiro atoms. The molecule has 140 valence electrons. The fourth-order valence-corrected chi connectivity index (χ4v) is 2.95. The van der Waals surface area contributed by atoms with Gasteiger partial charge < -0.3 is 10.1 Å². The number of carbonyl (C=O) groups excluding carboxylic acids is 1. The first-order valence-electron chi connectivity index (χ1n) is 8.52. The highest BCUT2D eigenvalue weighted by Gasteiger charge is 2.18. The van der Waals surface area contributed by atoms with Gasteiger partial charge in [-0.05, 0) is 49.7 Å². The minimum Gasteiger partial charge on any atom is -0.492 e. The van der Waals surface area contributed by atoms with Gasteiger partial charge in [-0.15, -0.1) is 0 Å². The van der Waals surface area contributed by atoms with Crippen molar-refractivity contribution >= 4 is 17.5 Å². The number of nitrogens with zero attached hydrogens (tertiary/aromatic N) is 1. The van der Waals surface area contributed by atoms with Crippen LogP contribution in [0.5, 0.6) is 5.75 Å². The molecule has 3 rings (SSSR count). The van der Waals surface area contributed by atoms with Crippen molar-refractivity contribution in [2.24, 2.45) is 0 Å². The van der Waals surface area contributed by atoms with Crippen LogP contribution in [0.4, 0.5) is 4.39 Å². The van der Waals surface area contributed by atoms with Crippen molar-refractivity contribution in [3.63, 3.8) is 0 Å². The topological polar surface area (TPSA) is 67.0 Å². The lowest BCUT2D eigenvalue weighted by Gasteiger charge is -2.14. The van der Waals surface area contributed by atoms with Crippen molar-refractivity contribution in [2.45, 2.75) is 19.9 Å². The van der Waals surface area contributed by atoms with Gasteiger partial charge in [0.05, 0.1) is 35.1 Å². The summed E-state index contributed by atoms with van der Waals surface area (Å²) < 4.78 is 18.5. The highest BCUT2D eigenvalue weighted by molar-refractivity contribution is 6.32. The lowest BCUT2D eigenvalue weighted by Crippen LogP contribution is -2.26. The second-order valence-corrected chi connectivity index (χ2v) is 6.39. The number of hydrogen-bond acceptors (Lipinski definition) is 3. The predicted molar refractivity (Wildman–Crippen MR) is 102 cm³/mol. The fourth-order valence-electron chi connectivity index (χ4n) is 2.72. The van der Waals surface area contributed by atoms with Crippen molar-refractivity contribution in [2.75, 3.05) is 6.61 Å². The summed E-state index contributed by atoms with van der Waals surface area (Å²) in [5.74, 6) is -0.0271. The van der Waals surface area contributed by atoms with E-state index in [1.54, 1.807) is 24.3 Å². The molecule has 2 aromatic carbocycles. The Bertz CT molecular complexity index is 941. The van der Waals surface area contributed by atoms with Gasteiger partial charge in [-0.25, -0.2) is 4.39 Å². The first kappa shape index (κ1) is 18.9. The molecular formula is C20H19ClFN3O2. The number of halogens is 2. The van der Waals surface area contributed by atoms with Crippen molar-refractivity contribution in [1.82, 2.24) is 15.5 Å². The van der Waals surface area contributed by atoms with Crippen molar-refractivity contribution in [1.29, 1.82) is 0 Å². The third-order valence-electron chi connectivity index (χ3n) is 4.12. The number of aromatic amines is 1. The van der Waals surface area contributed by atoms with Crippen LogP contribution >= 0.6 is 11.6 Å². The van der Waals surface area contributed by atoms with Crippen LogP contribution in [0.15, 0.2) is 48.7 Å². The molecule has 0 aliphatic heterocycles. The van der Waals surface area contributed by atoms with Gasteiger partial charge in [0, 0.05) is 5.56 Å². The standard InChI is InChI=1S/C20H19ClFN3O2/c1-3-27-18-9-6-14(10-17(18)21)19-16(11-23-25-19)20(26)24-12(2)13-4-7-15(22)8-5-13/h4-12H,3H2,1-2H3,(H,23,25)(H,24,26)/t12-/m0/s1. The van der Waals surface area contributed by atoms with Crippen LogP contribution in [0, 0.1) is 5.82 Å². The van der Waals surface area contributed by atoms with E-state index in [0.29, 0.717) is 28.6 Å². The summed E-state index contributed by atoms with van der Waals surface area (Å²) in [5.41, 5.74) is 2.48. The Morgan fingerprint density at radius 3 is 2.70 bits per heavy atom. The van der Waals surface area contributed by atoms with Crippen molar-refractivity contribution in [3.8, 4) is 17.0 Å². The first-order valence-corrected chi connectivity index (χ1v) is 8.89. The second kappa shape index (κ2) is 8.22. The Kier molecular flexibility index (Phi) is 5.76. The number of rotatable bonds is 6. The summed E-state index contributed by atoms with van der Waals surface area (Å²) >= 11 is 6.24. The average Bonchev–Trinajstić information content (AvgIpc) is 3.14. The number of H-pyrrole nitrogens is 1. The molecule has 27 heavy (non-hydrogen) atoms. The Labute approximate surface area is 161 Å². The summed E-state index contributed by atoms with van der Waals surface area (Å²) in [6.45, 7) is 4.22. The predicted octanol–water partition coefficient (Wildman–Crippen LogP) is 4.76. The van der Waals surface area contributed by atoms with Crippen molar-refractivity contribution in [3.05, 3.63) is 70.6 Å². The van der Waals surface area contributed by atoms with Gasteiger partial charge in [0.2, 0.25) is 0 Å². The molecule has 0 aliphatic rings. The van der Waals surface area contributed by atoms with E-state index in [2.05, 4.69) is 15.5 Å². The highest BCUT2D eigenvalue weighted by Crippen LogP contribution is 2.31. The van der Waals surface area contributed by atoms with Crippen LogP contribution < -0.4 is 10.1 Å². The van der Waals surface area contributed by atoms with Crippen LogP contribution in [0.3, 0.4) is 0 Å². The molecule has 0 unspecified atom stereocenters. The smallest absolute Gasteiger partial charge is 0.255 e. The Hall–Kier alpha value is -2.86. The van der Waals surface area contributed by atoms with E-state index in [-0.39, 0.29) is 17.8 Å². The number of carbonyl (C=O) groups is 1. The number of hydrogen-bond donors (Lipinski definition) is 2. The molecule has 0 saturated heterocycles. The molecule has 0 bridgehead atoms. The Morgan fingerprint density at radius 2 is 2.04 bits per heavy atom. The maximum atomic E-state index is 13.1. The highest BCUT2D eigenvalue weighted by atomic mass is 35.5. The van der Waals surface area contributed by atoms with Gasteiger partial charge >= 0.3 is 0 Å². The molecule has 1 heterocycles. The molecule has 2 N–H and O–H groups in total. The minimum atomic E-state index is -0.318. The van der Waals surface area contributed by atoms with E-state index in [0.717, 1.165) is 11.1 Å². The molecule has 7 heteroatoms. The van der Waals surface area contributed by atoms with Crippen LogP contribution in [0.2, 0.25) is 5.02 Å². The number of nitrogens with one attached hydrogen (secondary N) is 2. The van der Waals surface area contributed by atoms with Gasteiger partial charge in [0.15, 0.2) is 0 Å². The van der Waals surface area contributed by atoms with Crippen LogP contribution in [-0.2, 0) is 0 Å². The Balaban J connectivity index is 1.81. The molecule has 0 radical (unpaired) electrons. The first-order chi connectivity index (χ1) is 13.0. The maximum absolute atomic E-state index is 13.1. The van der Waals surface area contributed by atoms with Gasteiger partial charge in [-0.3, -0.25) is 9.89 Å². The summed E-state index contributed by atoms with van der Waals surface area (Å²) in [6, 6.07) is 11.0. The fraction of sp³-hybridized carbons (Fsp3) is 0.200. The zero-order valence-corrected chi connectivity index (χ0v) is 15.7. The van der Waals surface area contributed by atoms with Crippen molar-refractivity contribution < 1.29 is 13.9 Å². The molecular weight excluding hydrogens is 369 g/mol. The minimum absolute atomic E-state index is 0.287. The number of benzene rings is 2. The molecule has 1 atom stereocenters. The summed E-state index contributed by atoms with van der Waals surface area (Å²) in [4.78, 5) is 12.7. The third-order valence-corrected chi connectivity index (χ3v) is 4.42. The largest absolute Gasteiger partial charge is 0.492 e. The van der Waals surface area contributed by atoms with E-state index in [1.165, 1.54) is 18.3 Å². The van der Waals surface area contributed by atoms with E-state index >= 15 is 0 Å². The molecule has 1 amide bonds. The van der Waals surface area contributed by atoms with E-state index < -0.39 is 0 Å². The zero-order valence-electron chi connectivity index (χ0n) is 14.9. The molecule has 0 saturated carbocycles. The number of aromatic nitrogens is 2. The van der Waals surface area contributed by atoms with Crippen LogP contribution in [0.25, 0.3) is 11.3 Å². The maximum Gasteiger partial charge on any atom is 0.255 e. The molecule has 0 aliphatic carbocycles. The van der Waals surface area contributed by atoms with Gasteiger partial charge in [0.1, 0.15) is 11.6 Å².